The van der Waals surface area contributed by atoms with Crippen LogP contribution in [-0.2, 0) is 24.7 Å². The first-order valence-electron chi connectivity index (χ1n) is 22.2. The molecule has 0 N–H and O–H groups in total. The lowest BCUT2D eigenvalue weighted by atomic mass is 9.95. The van der Waals surface area contributed by atoms with Crippen molar-refractivity contribution in [1.82, 2.24) is 24.1 Å². The Morgan fingerprint density at radius 2 is 0.730 bits per heavy atom. The highest BCUT2D eigenvalue weighted by Gasteiger charge is 2.36. The summed E-state index contributed by atoms with van der Waals surface area (Å²) in [7, 11) is 0. The smallest absolute Gasteiger partial charge is 0.309 e. The van der Waals surface area contributed by atoms with Crippen LogP contribution in [-0.4, -0.2) is 24.1 Å². The van der Waals surface area contributed by atoms with E-state index in [9.17, 15) is 57.9 Å². The van der Waals surface area contributed by atoms with Crippen molar-refractivity contribution in [2.24, 2.45) is 0 Å². The van der Waals surface area contributed by atoms with Gasteiger partial charge in [0.05, 0.1) is 61.6 Å². The van der Waals surface area contributed by atoms with Crippen LogP contribution in [0.2, 0.25) is 0 Å². The molecule has 0 saturated carbocycles. The number of fused-ring (bicyclic) bond motifs is 6. The molecule has 0 amide bonds. The normalized spacial score (nSPS) is 12.6. The van der Waals surface area contributed by atoms with Gasteiger partial charge in [-0.2, -0.15) is 57.9 Å². The molecule has 0 bridgehead atoms. The Hall–Kier alpha value is -8.98. The van der Waals surface area contributed by atoms with Gasteiger partial charge in [-0.05, 0) is 109 Å². The molecule has 0 aliphatic rings. The average Bonchev–Trinajstić information content (AvgIpc) is 3.90. The van der Waals surface area contributed by atoms with Gasteiger partial charge >= 0.3 is 24.7 Å². The number of rotatable bonds is 6. The molecule has 0 aliphatic heterocycles. The second kappa shape index (κ2) is 17.1. The van der Waals surface area contributed by atoms with Crippen LogP contribution in [0.15, 0.2) is 170 Å². The van der Waals surface area contributed by atoms with Crippen molar-refractivity contribution >= 4 is 43.6 Å². The van der Waals surface area contributed by atoms with Gasteiger partial charge in [0.15, 0.2) is 17.5 Å². The van der Waals surface area contributed by atoms with Crippen LogP contribution in [0.3, 0.4) is 0 Å². The fourth-order valence-electron chi connectivity index (χ4n) is 9.30. The van der Waals surface area contributed by atoms with E-state index in [-0.39, 0.29) is 89.2 Å². The van der Waals surface area contributed by atoms with Crippen LogP contribution >= 0.6 is 0 Å². The average molecular weight is 1010 g/mol. The summed E-state index contributed by atoms with van der Waals surface area (Å²) in [5.41, 5.74) is -2.30. The van der Waals surface area contributed by atoms with Crippen molar-refractivity contribution in [2.75, 3.05) is 0 Å². The summed E-state index contributed by atoms with van der Waals surface area (Å²) in [4.78, 5) is 14.4. The predicted molar refractivity (Wildman–Crippen MR) is 255 cm³/mol. The number of hydrogen-bond acceptors (Lipinski definition) is 4. The number of halogens is 12. The molecule has 3 heterocycles. The Balaban J connectivity index is 1.23. The van der Waals surface area contributed by atoms with E-state index in [2.05, 4.69) is 6.07 Å². The molecule has 0 fully saturated rings. The van der Waals surface area contributed by atoms with Crippen molar-refractivity contribution in [3.8, 4) is 62.7 Å². The molecular formula is C56H28F12N6. The molecule has 6 nitrogen and oxygen atoms in total. The van der Waals surface area contributed by atoms with Crippen molar-refractivity contribution < 1.29 is 52.7 Å². The molecule has 3 aromatic heterocycles. The first-order valence-corrected chi connectivity index (χ1v) is 22.2. The summed E-state index contributed by atoms with van der Waals surface area (Å²) in [6.45, 7) is 0. The lowest BCUT2D eigenvalue weighted by Crippen LogP contribution is -2.05. The van der Waals surface area contributed by atoms with Gasteiger partial charge in [-0.25, -0.2) is 15.0 Å². The maximum absolute atomic E-state index is 14.3. The maximum Gasteiger partial charge on any atom is 0.416 e. The largest absolute Gasteiger partial charge is 0.416 e. The lowest BCUT2D eigenvalue weighted by molar-refractivity contribution is -0.138. The maximum atomic E-state index is 14.3. The summed E-state index contributed by atoms with van der Waals surface area (Å²) in [6, 6.07) is 39.7. The van der Waals surface area contributed by atoms with Crippen LogP contribution in [0.4, 0.5) is 52.7 Å². The zero-order valence-corrected chi connectivity index (χ0v) is 37.4. The van der Waals surface area contributed by atoms with Gasteiger partial charge < -0.3 is 9.13 Å². The standard InChI is InChI=1S/C56H28F12N6/c57-53(58,59)34-13-19-45-41(24-34)42-25-35(54(60,61)62)14-20-46(42)73(45)38-17-11-33(29-69)39(28-38)40-23-32(52-71-50(30-7-3-1-4-8-30)70-51(72-52)31-9-5-2-6-10-31)12-18-47(40)74-48-21-15-36(55(63,64)65)26-43(48)44-27-37(56(66,67)68)16-22-49(44)74/h1-28H. The van der Waals surface area contributed by atoms with E-state index in [1.165, 1.54) is 27.3 Å². The molecule has 0 aliphatic carbocycles. The highest BCUT2D eigenvalue weighted by Crippen LogP contribution is 2.45. The van der Waals surface area contributed by atoms with E-state index in [0.717, 1.165) is 72.8 Å². The van der Waals surface area contributed by atoms with Crippen molar-refractivity contribution in [3.63, 3.8) is 0 Å². The van der Waals surface area contributed by atoms with Gasteiger partial charge in [-0.15, -0.1) is 0 Å². The van der Waals surface area contributed by atoms with Gasteiger partial charge in [-0.3, -0.25) is 0 Å². The van der Waals surface area contributed by atoms with E-state index in [4.69, 9.17) is 15.0 Å². The first kappa shape index (κ1) is 47.4. The minimum Gasteiger partial charge on any atom is -0.309 e. The molecule has 0 atom stereocenters. The fraction of sp³-hybridized carbons (Fsp3) is 0.0714. The zero-order valence-electron chi connectivity index (χ0n) is 37.4. The minimum absolute atomic E-state index is 0.0308. The quantitative estimate of drug-likeness (QED) is 0.156. The van der Waals surface area contributed by atoms with Gasteiger partial charge in [0.25, 0.3) is 0 Å². The second-order valence-electron chi connectivity index (χ2n) is 17.2. The Kier molecular flexibility index (Phi) is 10.9. The Morgan fingerprint density at radius 3 is 1.11 bits per heavy atom. The van der Waals surface area contributed by atoms with E-state index < -0.39 is 47.0 Å². The van der Waals surface area contributed by atoms with Crippen LogP contribution in [0.5, 0.6) is 0 Å². The topological polar surface area (TPSA) is 72.3 Å². The van der Waals surface area contributed by atoms with Crippen LogP contribution in [0, 0.1) is 11.3 Å². The number of alkyl halides is 12. The molecule has 74 heavy (non-hydrogen) atoms. The number of nitriles is 1. The molecule has 0 spiro atoms. The highest BCUT2D eigenvalue weighted by molar-refractivity contribution is 6.11. The molecule has 11 aromatic rings. The van der Waals surface area contributed by atoms with Crippen molar-refractivity contribution in [2.45, 2.75) is 24.7 Å². The predicted octanol–water partition coefficient (Wildman–Crippen LogP) is 16.7. The monoisotopic (exact) mass is 1010 g/mol. The molecule has 0 radical (unpaired) electrons. The summed E-state index contributed by atoms with van der Waals surface area (Å²) < 4.78 is 174. The summed E-state index contributed by atoms with van der Waals surface area (Å²) in [5, 5.41) is 10.1. The number of aromatic nitrogens is 5. The van der Waals surface area contributed by atoms with Crippen LogP contribution in [0.1, 0.15) is 27.8 Å². The van der Waals surface area contributed by atoms with E-state index in [1.54, 1.807) is 78.9 Å². The zero-order chi connectivity index (χ0) is 52.1. The summed E-state index contributed by atoms with van der Waals surface area (Å²) in [6.07, 6.45) is -19.5. The van der Waals surface area contributed by atoms with Gasteiger partial charge in [0.2, 0.25) is 0 Å². The Bertz CT molecular complexity index is 3890. The fourth-order valence-corrected chi connectivity index (χ4v) is 9.30. The number of hydrogen-bond donors (Lipinski definition) is 0. The first-order chi connectivity index (χ1) is 35.2. The molecule has 0 unspecified atom stereocenters. The van der Waals surface area contributed by atoms with Gasteiger partial charge in [0.1, 0.15) is 0 Å². The summed E-state index contributed by atoms with van der Waals surface area (Å²) in [5.74, 6) is 0.629. The minimum atomic E-state index is -4.89. The van der Waals surface area contributed by atoms with Gasteiger partial charge in [-0.1, -0.05) is 60.7 Å². The molecule has 366 valence electrons. The van der Waals surface area contributed by atoms with E-state index >= 15 is 0 Å². The molecule has 11 rings (SSSR count). The number of benzene rings is 8. The van der Waals surface area contributed by atoms with Crippen LogP contribution in [0.25, 0.3) is 100 Å². The third-order valence-corrected chi connectivity index (χ3v) is 12.7. The molecule has 8 aromatic carbocycles. The van der Waals surface area contributed by atoms with Crippen molar-refractivity contribution in [3.05, 3.63) is 198 Å². The summed E-state index contributed by atoms with van der Waals surface area (Å²) >= 11 is 0. The van der Waals surface area contributed by atoms with Crippen molar-refractivity contribution in [1.29, 1.82) is 5.26 Å². The van der Waals surface area contributed by atoms with Crippen LogP contribution < -0.4 is 0 Å². The highest BCUT2D eigenvalue weighted by atomic mass is 19.4. The lowest BCUT2D eigenvalue weighted by Gasteiger charge is -2.18. The van der Waals surface area contributed by atoms with Gasteiger partial charge in [0, 0.05) is 55.0 Å². The third kappa shape index (κ3) is 8.29. The second-order valence-corrected chi connectivity index (χ2v) is 17.2. The molecular weight excluding hydrogens is 985 g/mol. The Morgan fingerprint density at radius 1 is 0.351 bits per heavy atom. The van der Waals surface area contributed by atoms with E-state index in [1.807, 2.05) is 0 Å². The number of nitrogens with zero attached hydrogens (tertiary/aromatic N) is 6. The molecule has 0 saturated heterocycles. The van der Waals surface area contributed by atoms with E-state index in [0.29, 0.717) is 16.7 Å². The molecule has 18 heteroatoms. The Labute approximate surface area is 409 Å². The SMILES string of the molecule is N#Cc1ccc(-n2c3ccc(C(F)(F)F)cc3c3cc(C(F)(F)F)ccc32)cc1-c1cc(-c2nc(-c3ccccc3)nc(-c3ccccc3)n2)ccc1-n1c2ccc(C(F)(F)F)cc2c2cc(C(F)(F)F)ccc21. The third-order valence-electron chi connectivity index (χ3n) is 12.7.